The number of aromatic nitrogens is 1. The van der Waals surface area contributed by atoms with Gasteiger partial charge in [-0.1, -0.05) is 31.0 Å². The molecule has 2 aromatic rings. The van der Waals surface area contributed by atoms with Crippen molar-refractivity contribution < 1.29 is 9.59 Å². The fourth-order valence-electron chi connectivity index (χ4n) is 3.04. The smallest absolute Gasteiger partial charge is 0.274 e. The van der Waals surface area contributed by atoms with E-state index in [0.717, 1.165) is 31.7 Å². The molecule has 0 aliphatic carbocycles. The molecule has 1 aromatic heterocycles. The van der Waals surface area contributed by atoms with Crippen LogP contribution in [0.4, 0.5) is 11.5 Å². The third-order valence-electron chi connectivity index (χ3n) is 4.42. The number of nitrogens with zero attached hydrogens (tertiary/aromatic N) is 2. The molecule has 1 N–H and O–H groups in total. The van der Waals surface area contributed by atoms with Crippen LogP contribution in [0.3, 0.4) is 0 Å². The van der Waals surface area contributed by atoms with Gasteiger partial charge in [0.25, 0.3) is 5.91 Å². The third-order valence-corrected chi connectivity index (χ3v) is 4.42. The molecular weight excluding hydrogens is 314 g/mol. The lowest BCUT2D eigenvalue weighted by molar-refractivity contribution is 0.100. The molecule has 1 amide bonds. The second kappa shape index (κ2) is 7.92. The highest BCUT2D eigenvalue weighted by atomic mass is 16.2. The molecule has 1 saturated heterocycles. The van der Waals surface area contributed by atoms with E-state index < -0.39 is 0 Å². The lowest BCUT2D eigenvalue weighted by Crippen LogP contribution is -2.26. The lowest BCUT2D eigenvalue weighted by Gasteiger charge is -2.21. The fraction of sp³-hybridized carbons (Fsp3) is 0.350. The standard InChI is InChI=1S/C20H23N3O2/c1-15(24)16-8-6-9-17(14-16)21-20(25)18-10-7-11-19(22-18)23-12-4-2-3-5-13-23/h6-11,14H,2-5,12-13H2,1H3,(H,21,25). The number of carbonyl (C=O) groups is 2. The van der Waals surface area contributed by atoms with Gasteiger partial charge in [-0.2, -0.15) is 0 Å². The maximum atomic E-state index is 12.5. The zero-order valence-corrected chi connectivity index (χ0v) is 14.5. The largest absolute Gasteiger partial charge is 0.357 e. The van der Waals surface area contributed by atoms with Gasteiger partial charge >= 0.3 is 0 Å². The Labute approximate surface area is 148 Å². The first-order valence-electron chi connectivity index (χ1n) is 8.78. The molecule has 2 heterocycles. The van der Waals surface area contributed by atoms with Gasteiger partial charge in [-0.15, -0.1) is 0 Å². The van der Waals surface area contributed by atoms with Crippen molar-refractivity contribution in [3.8, 4) is 0 Å². The summed E-state index contributed by atoms with van der Waals surface area (Å²) in [6.45, 7) is 3.48. The monoisotopic (exact) mass is 337 g/mol. The average molecular weight is 337 g/mol. The van der Waals surface area contributed by atoms with Gasteiger partial charge in [-0.05, 0) is 44.0 Å². The molecule has 1 aliphatic rings. The van der Waals surface area contributed by atoms with Gasteiger partial charge in [0, 0.05) is 24.3 Å². The van der Waals surface area contributed by atoms with Gasteiger partial charge in [-0.3, -0.25) is 9.59 Å². The number of hydrogen-bond donors (Lipinski definition) is 1. The molecule has 0 bridgehead atoms. The summed E-state index contributed by atoms with van der Waals surface area (Å²) in [7, 11) is 0. The first-order valence-corrected chi connectivity index (χ1v) is 8.78. The molecule has 0 spiro atoms. The van der Waals surface area contributed by atoms with E-state index in [2.05, 4.69) is 15.2 Å². The van der Waals surface area contributed by atoms with Crippen molar-refractivity contribution in [2.24, 2.45) is 0 Å². The Balaban J connectivity index is 1.75. The molecule has 0 atom stereocenters. The van der Waals surface area contributed by atoms with Crippen molar-refractivity contribution >= 4 is 23.2 Å². The Kier molecular flexibility index (Phi) is 5.43. The normalized spacial score (nSPS) is 14.7. The Morgan fingerprint density at radius 1 is 1.00 bits per heavy atom. The van der Waals surface area contributed by atoms with E-state index in [0.29, 0.717) is 16.9 Å². The van der Waals surface area contributed by atoms with Crippen molar-refractivity contribution in [3.63, 3.8) is 0 Å². The number of ketones is 1. The van der Waals surface area contributed by atoms with E-state index in [-0.39, 0.29) is 11.7 Å². The van der Waals surface area contributed by atoms with Crippen LogP contribution in [0.15, 0.2) is 42.5 Å². The summed E-state index contributed by atoms with van der Waals surface area (Å²) < 4.78 is 0. The topological polar surface area (TPSA) is 62.3 Å². The molecule has 5 heteroatoms. The minimum atomic E-state index is -0.266. The Bertz CT molecular complexity index is 765. The van der Waals surface area contributed by atoms with Gasteiger partial charge in [0.2, 0.25) is 0 Å². The molecule has 0 saturated carbocycles. The summed E-state index contributed by atoms with van der Waals surface area (Å²) in [4.78, 5) is 30.8. The van der Waals surface area contributed by atoms with Crippen LogP contribution in [-0.2, 0) is 0 Å². The SMILES string of the molecule is CC(=O)c1cccc(NC(=O)c2cccc(N3CCCCCC3)n2)c1. The number of pyridine rings is 1. The molecule has 1 aliphatic heterocycles. The van der Waals surface area contributed by atoms with E-state index in [1.165, 1.54) is 19.8 Å². The van der Waals surface area contributed by atoms with Gasteiger partial charge in [0.05, 0.1) is 0 Å². The van der Waals surface area contributed by atoms with Gasteiger partial charge in [-0.25, -0.2) is 4.98 Å². The second-order valence-corrected chi connectivity index (χ2v) is 6.37. The summed E-state index contributed by atoms with van der Waals surface area (Å²) in [6.07, 6.45) is 4.83. The minimum Gasteiger partial charge on any atom is -0.357 e. The van der Waals surface area contributed by atoms with Gasteiger partial charge in [0.1, 0.15) is 11.5 Å². The molecule has 5 nitrogen and oxygen atoms in total. The van der Waals surface area contributed by atoms with Crippen molar-refractivity contribution in [1.29, 1.82) is 0 Å². The highest BCUT2D eigenvalue weighted by Crippen LogP contribution is 2.18. The average Bonchev–Trinajstić information content (AvgIpc) is 2.91. The van der Waals surface area contributed by atoms with E-state index >= 15 is 0 Å². The number of anilines is 2. The summed E-state index contributed by atoms with van der Waals surface area (Å²) in [5.41, 5.74) is 1.55. The first kappa shape index (κ1) is 17.1. The molecule has 130 valence electrons. The number of benzene rings is 1. The molecule has 25 heavy (non-hydrogen) atoms. The number of carbonyl (C=O) groups excluding carboxylic acids is 2. The van der Waals surface area contributed by atoms with Crippen LogP contribution in [0, 0.1) is 0 Å². The van der Waals surface area contributed by atoms with Crippen molar-refractivity contribution in [2.45, 2.75) is 32.6 Å². The van der Waals surface area contributed by atoms with Crippen LogP contribution < -0.4 is 10.2 Å². The number of Topliss-reactive ketones (excluding diaryl/α,β-unsaturated/α-hetero) is 1. The zero-order chi connectivity index (χ0) is 17.6. The molecule has 3 rings (SSSR count). The number of rotatable bonds is 4. The Morgan fingerprint density at radius 2 is 1.72 bits per heavy atom. The van der Waals surface area contributed by atoms with E-state index in [4.69, 9.17) is 0 Å². The maximum absolute atomic E-state index is 12.5. The predicted octanol–water partition coefficient (Wildman–Crippen LogP) is 3.92. The van der Waals surface area contributed by atoms with Crippen molar-refractivity contribution in [2.75, 3.05) is 23.3 Å². The van der Waals surface area contributed by atoms with Crippen LogP contribution in [0.1, 0.15) is 53.5 Å². The minimum absolute atomic E-state index is 0.0302. The highest BCUT2D eigenvalue weighted by molar-refractivity contribution is 6.04. The van der Waals surface area contributed by atoms with E-state index in [1.807, 2.05) is 12.1 Å². The fourth-order valence-corrected chi connectivity index (χ4v) is 3.04. The Morgan fingerprint density at radius 3 is 2.44 bits per heavy atom. The summed E-state index contributed by atoms with van der Waals surface area (Å²) >= 11 is 0. The van der Waals surface area contributed by atoms with E-state index in [9.17, 15) is 9.59 Å². The predicted molar refractivity (Wildman–Crippen MR) is 99.3 cm³/mol. The molecule has 0 radical (unpaired) electrons. The lowest BCUT2D eigenvalue weighted by atomic mass is 10.1. The van der Waals surface area contributed by atoms with Crippen LogP contribution in [0.25, 0.3) is 0 Å². The van der Waals surface area contributed by atoms with Crippen LogP contribution in [-0.4, -0.2) is 29.8 Å². The summed E-state index contributed by atoms with van der Waals surface area (Å²) in [6, 6.07) is 12.5. The van der Waals surface area contributed by atoms with Crippen molar-refractivity contribution in [1.82, 2.24) is 4.98 Å². The molecule has 1 fully saturated rings. The van der Waals surface area contributed by atoms with Gasteiger partial charge in [0.15, 0.2) is 5.78 Å². The van der Waals surface area contributed by atoms with Crippen LogP contribution >= 0.6 is 0 Å². The second-order valence-electron chi connectivity index (χ2n) is 6.37. The molecule has 0 unspecified atom stereocenters. The number of nitrogens with one attached hydrogen (secondary N) is 1. The summed E-state index contributed by atoms with van der Waals surface area (Å²) in [5.74, 6) is 0.557. The molecule has 1 aromatic carbocycles. The Hall–Kier alpha value is -2.69. The zero-order valence-electron chi connectivity index (χ0n) is 14.5. The van der Waals surface area contributed by atoms with Crippen LogP contribution in [0.2, 0.25) is 0 Å². The van der Waals surface area contributed by atoms with Gasteiger partial charge < -0.3 is 10.2 Å². The van der Waals surface area contributed by atoms with E-state index in [1.54, 1.807) is 30.3 Å². The number of amides is 1. The van der Waals surface area contributed by atoms with Crippen molar-refractivity contribution in [3.05, 3.63) is 53.7 Å². The quantitative estimate of drug-likeness (QED) is 0.859. The maximum Gasteiger partial charge on any atom is 0.274 e. The first-order chi connectivity index (χ1) is 12.1. The molecular formula is C20H23N3O2. The third kappa shape index (κ3) is 4.44. The highest BCUT2D eigenvalue weighted by Gasteiger charge is 2.14. The summed E-state index contributed by atoms with van der Waals surface area (Å²) in [5, 5.41) is 2.82. The van der Waals surface area contributed by atoms with Crippen LogP contribution in [0.5, 0.6) is 0 Å². The number of hydrogen-bond acceptors (Lipinski definition) is 4.